The Balaban J connectivity index is 3.02. The van der Waals surface area contributed by atoms with Crippen LogP contribution in [0.4, 0.5) is 0 Å². The molecule has 1 atom stereocenters. The third kappa shape index (κ3) is 3.30. The summed E-state index contributed by atoms with van der Waals surface area (Å²) in [6.45, 7) is 3.61. The minimum atomic E-state index is -0.601. The molecule has 92 valence electrons. The number of hydrogen-bond donors (Lipinski definition) is 1. The minimum Gasteiger partial charge on any atom is -0.507 e. The zero-order valence-electron chi connectivity index (χ0n) is 9.57. The van der Waals surface area contributed by atoms with Crippen LogP contribution in [0.25, 0.3) is 0 Å². The lowest BCUT2D eigenvalue weighted by atomic mass is 10.1. The first-order valence-corrected chi connectivity index (χ1v) is 6.07. The van der Waals surface area contributed by atoms with Crippen molar-refractivity contribution >= 4 is 27.7 Å². The standard InChI is InChI=1S/C12H13BrO4/c1-3-17-12(16)9-5-4-8(6-10(9)14)11(15)7(2)13/h4-7,14H,3H2,1-2H3. The number of ketones is 1. The van der Waals surface area contributed by atoms with E-state index in [0.29, 0.717) is 5.56 Å². The van der Waals surface area contributed by atoms with Crippen LogP contribution in [-0.2, 0) is 4.74 Å². The highest BCUT2D eigenvalue weighted by Crippen LogP contribution is 2.21. The second kappa shape index (κ2) is 5.82. The molecule has 0 fully saturated rings. The van der Waals surface area contributed by atoms with E-state index in [4.69, 9.17) is 4.74 Å². The van der Waals surface area contributed by atoms with Crippen molar-refractivity contribution in [1.82, 2.24) is 0 Å². The van der Waals surface area contributed by atoms with Crippen molar-refractivity contribution in [1.29, 1.82) is 0 Å². The molecule has 0 amide bonds. The second-order valence-corrected chi connectivity index (χ2v) is 4.81. The van der Waals surface area contributed by atoms with Gasteiger partial charge in [-0.25, -0.2) is 4.79 Å². The van der Waals surface area contributed by atoms with Crippen molar-refractivity contribution in [3.05, 3.63) is 29.3 Å². The van der Waals surface area contributed by atoms with Crippen molar-refractivity contribution < 1.29 is 19.4 Å². The number of ether oxygens (including phenoxy) is 1. The van der Waals surface area contributed by atoms with Gasteiger partial charge in [0, 0.05) is 5.56 Å². The summed E-state index contributed by atoms with van der Waals surface area (Å²) in [6, 6.07) is 4.15. The second-order valence-electron chi connectivity index (χ2n) is 3.43. The van der Waals surface area contributed by atoms with Gasteiger partial charge in [-0.15, -0.1) is 0 Å². The van der Waals surface area contributed by atoms with Crippen LogP contribution >= 0.6 is 15.9 Å². The van der Waals surface area contributed by atoms with Gasteiger partial charge in [0.15, 0.2) is 5.78 Å². The maximum Gasteiger partial charge on any atom is 0.341 e. The molecule has 1 unspecified atom stereocenters. The quantitative estimate of drug-likeness (QED) is 0.527. The third-order valence-corrected chi connectivity index (χ3v) is 2.55. The Bertz CT molecular complexity index is 440. The Labute approximate surface area is 108 Å². The fourth-order valence-corrected chi connectivity index (χ4v) is 1.56. The highest BCUT2D eigenvalue weighted by Gasteiger charge is 2.17. The van der Waals surface area contributed by atoms with Crippen LogP contribution in [-0.4, -0.2) is 28.3 Å². The third-order valence-electron chi connectivity index (χ3n) is 2.14. The van der Waals surface area contributed by atoms with Gasteiger partial charge in [-0.05, 0) is 26.0 Å². The van der Waals surface area contributed by atoms with E-state index in [-0.39, 0.29) is 28.5 Å². The van der Waals surface area contributed by atoms with E-state index in [9.17, 15) is 14.7 Å². The number of alkyl halides is 1. The Morgan fingerprint density at radius 3 is 2.59 bits per heavy atom. The number of halogens is 1. The predicted octanol–water partition coefficient (Wildman–Crippen LogP) is 2.54. The van der Waals surface area contributed by atoms with E-state index in [0.717, 1.165) is 0 Å². The zero-order chi connectivity index (χ0) is 13.0. The molecule has 0 bridgehead atoms. The van der Waals surface area contributed by atoms with Crippen LogP contribution < -0.4 is 0 Å². The van der Waals surface area contributed by atoms with Gasteiger partial charge in [0.1, 0.15) is 11.3 Å². The summed E-state index contributed by atoms with van der Waals surface area (Å²) in [5.41, 5.74) is 0.408. The van der Waals surface area contributed by atoms with Crippen LogP contribution in [0.15, 0.2) is 18.2 Å². The Morgan fingerprint density at radius 1 is 1.47 bits per heavy atom. The van der Waals surface area contributed by atoms with Crippen LogP contribution in [0, 0.1) is 0 Å². The van der Waals surface area contributed by atoms with Gasteiger partial charge in [-0.1, -0.05) is 22.0 Å². The van der Waals surface area contributed by atoms with Gasteiger partial charge in [0.05, 0.1) is 11.4 Å². The Hall–Kier alpha value is -1.36. The largest absolute Gasteiger partial charge is 0.507 e. The number of Topliss-reactive ketones (excluding diaryl/α,β-unsaturated/α-hetero) is 1. The van der Waals surface area contributed by atoms with Crippen molar-refractivity contribution in [2.24, 2.45) is 0 Å². The topological polar surface area (TPSA) is 63.6 Å². The summed E-state index contributed by atoms with van der Waals surface area (Å²) >= 11 is 3.15. The van der Waals surface area contributed by atoms with Crippen LogP contribution in [0.2, 0.25) is 0 Å². The first kappa shape index (κ1) is 13.7. The normalized spacial score (nSPS) is 11.9. The summed E-state index contributed by atoms with van der Waals surface area (Å²) in [7, 11) is 0. The number of carbonyl (C=O) groups excluding carboxylic acids is 2. The molecule has 17 heavy (non-hydrogen) atoms. The molecule has 0 radical (unpaired) electrons. The van der Waals surface area contributed by atoms with Crippen LogP contribution in [0.1, 0.15) is 34.6 Å². The van der Waals surface area contributed by atoms with Gasteiger partial charge >= 0.3 is 5.97 Å². The number of esters is 1. The fraction of sp³-hybridized carbons (Fsp3) is 0.333. The molecule has 0 heterocycles. The minimum absolute atomic E-state index is 0.0608. The van der Waals surface area contributed by atoms with E-state index in [1.54, 1.807) is 13.8 Å². The summed E-state index contributed by atoms with van der Waals surface area (Å²) < 4.78 is 4.76. The molecular weight excluding hydrogens is 288 g/mol. The van der Waals surface area contributed by atoms with Crippen molar-refractivity contribution in [3.8, 4) is 5.75 Å². The SMILES string of the molecule is CCOC(=O)c1ccc(C(=O)C(C)Br)cc1O. The van der Waals surface area contributed by atoms with E-state index >= 15 is 0 Å². The molecule has 4 nitrogen and oxygen atoms in total. The maximum atomic E-state index is 11.6. The summed E-state index contributed by atoms with van der Waals surface area (Å²) in [6.07, 6.45) is 0. The van der Waals surface area contributed by atoms with Gasteiger partial charge in [0.25, 0.3) is 0 Å². The van der Waals surface area contributed by atoms with E-state index in [1.165, 1.54) is 18.2 Å². The number of phenolic OH excluding ortho intramolecular Hbond substituents is 1. The number of aromatic hydroxyl groups is 1. The molecule has 5 heteroatoms. The molecule has 1 aromatic carbocycles. The van der Waals surface area contributed by atoms with Gasteiger partial charge in [-0.3, -0.25) is 4.79 Å². The van der Waals surface area contributed by atoms with Crippen molar-refractivity contribution in [2.45, 2.75) is 18.7 Å². The molecule has 0 aromatic heterocycles. The van der Waals surface area contributed by atoms with Gasteiger partial charge in [0.2, 0.25) is 0 Å². The molecule has 0 saturated carbocycles. The van der Waals surface area contributed by atoms with E-state index in [1.807, 2.05) is 0 Å². The van der Waals surface area contributed by atoms with Gasteiger partial charge < -0.3 is 9.84 Å². The summed E-state index contributed by atoms with van der Waals surface area (Å²) in [4.78, 5) is 22.7. The number of rotatable bonds is 4. The lowest BCUT2D eigenvalue weighted by Gasteiger charge is -2.07. The lowest BCUT2D eigenvalue weighted by molar-refractivity contribution is 0.0522. The molecular formula is C12H13BrO4. The summed E-state index contributed by atoms with van der Waals surface area (Å²) in [5.74, 6) is -1.01. The maximum absolute atomic E-state index is 11.6. The van der Waals surface area contributed by atoms with Crippen molar-refractivity contribution in [3.63, 3.8) is 0 Å². The molecule has 0 spiro atoms. The average Bonchev–Trinajstić information content (AvgIpc) is 2.27. The smallest absolute Gasteiger partial charge is 0.341 e. The predicted molar refractivity (Wildman–Crippen MR) is 66.8 cm³/mol. The number of hydrogen-bond acceptors (Lipinski definition) is 4. The Morgan fingerprint density at radius 2 is 2.12 bits per heavy atom. The number of carbonyl (C=O) groups is 2. The zero-order valence-corrected chi connectivity index (χ0v) is 11.2. The average molecular weight is 301 g/mol. The molecule has 1 rings (SSSR count). The molecule has 0 aliphatic rings. The van der Waals surface area contributed by atoms with E-state index < -0.39 is 5.97 Å². The van der Waals surface area contributed by atoms with Crippen LogP contribution in [0.5, 0.6) is 5.75 Å². The number of phenols is 1. The van der Waals surface area contributed by atoms with Crippen molar-refractivity contribution in [2.75, 3.05) is 6.61 Å². The Kier molecular flexibility index (Phi) is 4.69. The fourth-order valence-electron chi connectivity index (χ4n) is 1.30. The lowest BCUT2D eigenvalue weighted by Crippen LogP contribution is -2.11. The molecule has 1 aromatic rings. The first-order valence-electron chi connectivity index (χ1n) is 5.15. The van der Waals surface area contributed by atoms with E-state index in [2.05, 4.69) is 15.9 Å². The number of benzene rings is 1. The highest BCUT2D eigenvalue weighted by atomic mass is 79.9. The molecule has 1 N–H and O–H groups in total. The molecule has 0 aliphatic carbocycles. The monoisotopic (exact) mass is 300 g/mol. The van der Waals surface area contributed by atoms with Crippen LogP contribution in [0.3, 0.4) is 0 Å². The van der Waals surface area contributed by atoms with Gasteiger partial charge in [-0.2, -0.15) is 0 Å². The molecule has 0 saturated heterocycles. The summed E-state index contributed by atoms with van der Waals surface area (Å²) in [5, 5.41) is 9.65. The highest BCUT2D eigenvalue weighted by molar-refractivity contribution is 9.10. The molecule has 0 aliphatic heterocycles. The first-order chi connectivity index (χ1) is 7.97.